The van der Waals surface area contributed by atoms with E-state index in [9.17, 15) is 9.59 Å². The number of carbonyl (C=O) groups is 2. The number of thioether (sulfide) groups is 1. The molecule has 0 aliphatic rings. The van der Waals surface area contributed by atoms with Gasteiger partial charge in [0.1, 0.15) is 16.6 Å². The summed E-state index contributed by atoms with van der Waals surface area (Å²) >= 11 is 2.73. The van der Waals surface area contributed by atoms with Crippen LogP contribution in [0.3, 0.4) is 0 Å². The summed E-state index contributed by atoms with van der Waals surface area (Å²) in [5, 5.41) is 4.17. The first-order valence-electron chi connectivity index (χ1n) is 8.73. The van der Waals surface area contributed by atoms with Crippen molar-refractivity contribution in [2.45, 2.75) is 24.8 Å². The Morgan fingerprint density at radius 3 is 2.75 bits per heavy atom. The van der Waals surface area contributed by atoms with Crippen molar-refractivity contribution in [2.75, 3.05) is 19.9 Å². The molecule has 3 aromatic rings. The van der Waals surface area contributed by atoms with Gasteiger partial charge in [-0.1, -0.05) is 17.8 Å². The predicted molar refractivity (Wildman–Crippen MR) is 113 cm³/mol. The second-order valence-corrected chi connectivity index (χ2v) is 8.26. The van der Waals surface area contributed by atoms with Gasteiger partial charge in [-0.2, -0.15) is 0 Å². The average Bonchev–Trinajstić information content (AvgIpc) is 3.20. The molecule has 146 valence electrons. The number of nitrogens with zero attached hydrogens (tertiary/aromatic N) is 2. The third-order valence-electron chi connectivity index (χ3n) is 4.29. The number of Topliss-reactive ketones (excluding diaryl/α,β-unsaturated/α-hetero) is 1. The summed E-state index contributed by atoms with van der Waals surface area (Å²) < 4.78 is 5.45. The summed E-state index contributed by atoms with van der Waals surface area (Å²) in [5.41, 5.74) is 0.791. The molecule has 0 aliphatic carbocycles. The van der Waals surface area contributed by atoms with Gasteiger partial charge in [-0.15, -0.1) is 11.3 Å². The summed E-state index contributed by atoms with van der Waals surface area (Å²) in [6, 6.07) is 9.28. The molecule has 1 amide bonds. The molecule has 1 aromatic carbocycles. The topological polar surface area (TPSA) is 81.2 Å². The van der Waals surface area contributed by atoms with Gasteiger partial charge >= 0.3 is 0 Å². The van der Waals surface area contributed by atoms with Crippen molar-refractivity contribution in [1.82, 2.24) is 15.3 Å². The minimum Gasteiger partial charge on any atom is -0.496 e. The first-order valence-corrected chi connectivity index (χ1v) is 10.5. The molecule has 2 aromatic heterocycles. The first kappa shape index (κ1) is 20.3. The normalized spacial score (nSPS) is 12.0. The average molecular weight is 416 g/mol. The fourth-order valence-electron chi connectivity index (χ4n) is 2.79. The van der Waals surface area contributed by atoms with Crippen LogP contribution in [0.5, 0.6) is 5.75 Å². The number of aryl methyl sites for hydroxylation is 1. The number of likely N-dealkylation sites (N-methyl/N-ethyl adjacent to an activating group) is 1. The molecule has 1 N–H and O–H groups in total. The maximum absolute atomic E-state index is 12.7. The van der Waals surface area contributed by atoms with E-state index in [1.807, 2.05) is 38.1 Å². The van der Waals surface area contributed by atoms with Crippen molar-refractivity contribution in [1.29, 1.82) is 0 Å². The van der Waals surface area contributed by atoms with Gasteiger partial charge in [0.05, 0.1) is 34.6 Å². The van der Waals surface area contributed by atoms with E-state index in [0.717, 1.165) is 20.8 Å². The summed E-state index contributed by atoms with van der Waals surface area (Å²) in [4.78, 5) is 35.0. The smallest absolute Gasteiger partial charge is 0.227 e. The molecule has 0 fully saturated rings. The molecule has 28 heavy (non-hydrogen) atoms. The Morgan fingerprint density at radius 2 is 2.04 bits per heavy atom. The van der Waals surface area contributed by atoms with Crippen LogP contribution in [0.25, 0.3) is 10.9 Å². The summed E-state index contributed by atoms with van der Waals surface area (Å²) in [5.74, 6) is 1.24. The number of benzene rings is 1. The molecule has 0 saturated carbocycles. The SMILES string of the molecule is CNC(=O)[C@@H](C)c1ccc(C(=O)CSc2nc(C)nc3cccc(OC)c23)s1. The van der Waals surface area contributed by atoms with Gasteiger partial charge in [0.15, 0.2) is 5.78 Å². The maximum atomic E-state index is 12.7. The molecule has 2 heterocycles. The fourth-order valence-corrected chi connectivity index (χ4v) is 4.85. The highest BCUT2D eigenvalue weighted by molar-refractivity contribution is 8.00. The second kappa shape index (κ2) is 8.70. The highest BCUT2D eigenvalue weighted by atomic mass is 32.2. The van der Waals surface area contributed by atoms with Gasteiger partial charge in [0.25, 0.3) is 0 Å². The number of rotatable bonds is 7. The summed E-state index contributed by atoms with van der Waals surface area (Å²) in [6.07, 6.45) is 0. The number of hydrogen-bond donors (Lipinski definition) is 1. The minimum absolute atomic E-state index is 0.00432. The monoisotopic (exact) mass is 415 g/mol. The van der Waals surface area contributed by atoms with Crippen molar-refractivity contribution < 1.29 is 14.3 Å². The van der Waals surface area contributed by atoms with Crippen LogP contribution >= 0.6 is 23.1 Å². The lowest BCUT2D eigenvalue weighted by Crippen LogP contribution is -2.23. The van der Waals surface area contributed by atoms with E-state index in [1.165, 1.54) is 23.1 Å². The van der Waals surface area contributed by atoms with Crippen LogP contribution in [-0.2, 0) is 4.79 Å². The van der Waals surface area contributed by atoms with Gasteiger partial charge in [-0.25, -0.2) is 9.97 Å². The molecule has 6 nitrogen and oxygen atoms in total. The van der Waals surface area contributed by atoms with E-state index in [2.05, 4.69) is 15.3 Å². The van der Waals surface area contributed by atoms with Crippen LogP contribution < -0.4 is 10.1 Å². The molecule has 8 heteroatoms. The van der Waals surface area contributed by atoms with Crippen LogP contribution in [0.1, 0.15) is 33.2 Å². The lowest BCUT2D eigenvalue weighted by atomic mass is 10.1. The third kappa shape index (κ3) is 4.18. The molecule has 1 atom stereocenters. The molecule has 0 spiro atoms. The van der Waals surface area contributed by atoms with Gasteiger partial charge < -0.3 is 10.1 Å². The van der Waals surface area contributed by atoms with E-state index in [0.29, 0.717) is 16.5 Å². The van der Waals surface area contributed by atoms with Crippen LogP contribution in [0.4, 0.5) is 0 Å². The number of nitrogens with one attached hydrogen (secondary N) is 1. The van der Waals surface area contributed by atoms with Gasteiger partial charge in [0, 0.05) is 11.9 Å². The Hall–Kier alpha value is -2.45. The van der Waals surface area contributed by atoms with E-state index in [1.54, 1.807) is 20.2 Å². The highest BCUT2D eigenvalue weighted by Crippen LogP contribution is 2.33. The van der Waals surface area contributed by atoms with Crippen LogP contribution in [0, 0.1) is 6.92 Å². The number of thiophene rings is 1. The Morgan fingerprint density at radius 1 is 1.25 bits per heavy atom. The molecule has 0 aliphatic heterocycles. The lowest BCUT2D eigenvalue weighted by Gasteiger charge is -2.10. The number of ketones is 1. The van der Waals surface area contributed by atoms with Crippen molar-refractivity contribution in [3.05, 3.63) is 45.9 Å². The standard InChI is InChI=1S/C20H21N3O3S2/c1-11(19(25)21-3)16-8-9-17(28-16)14(24)10-27-20-18-13(22-12(2)23-20)6-5-7-15(18)26-4/h5-9,11H,10H2,1-4H3,(H,21,25)/t11-/m0/s1. The number of aromatic nitrogens is 2. The highest BCUT2D eigenvalue weighted by Gasteiger charge is 2.19. The number of ether oxygens (including phenoxy) is 1. The van der Waals surface area contributed by atoms with Gasteiger partial charge in [-0.05, 0) is 38.1 Å². The lowest BCUT2D eigenvalue weighted by molar-refractivity contribution is -0.121. The first-order chi connectivity index (χ1) is 13.4. The maximum Gasteiger partial charge on any atom is 0.227 e. The van der Waals surface area contributed by atoms with Gasteiger partial charge in [0.2, 0.25) is 5.91 Å². The molecule has 3 rings (SSSR count). The van der Waals surface area contributed by atoms with E-state index < -0.39 is 0 Å². The third-order valence-corrected chi connectivity index (χ3v) is 6.58. The Balaban J connectivity index is 1.80. The largest absolute Gasteiger partial charge is 0.496 e. The number of fused-ring (bicyclic) bond motifs is 1. The van der Waals surface area contributed by atoms with Crippen molar-refractivity contribution in [3.8, 4) is 5.75 Å². The number of carbonyl (C=O) groups excluding carboxylic acids is 2. The van der Waals surface area contributed by atoms with Crippen molar-refractivity contribution in [3.63, 3.8) is 0 Å². The van der Waals surface area contributed by atoms with E-state index in [4.69, 9.17) is 4.74 Å². The second-order valence-electron chi connectivity index (χ2n) is 6.18. The molecular weight excluding hydrogens is 394 g/mol. The zero-order valence-electron chi connectivity index (χ0n) is 16.1. The van der Waals surface area contributed by atoms with Crippen LogP contribution in [-0.4, -0.2) is 41.6 Å². The summed E-state index contributed by atoms with van der Waals surface area (Å²) in [7, 11) is 3.21. The minimum atomic E-state index is -0.276. The zero-order chi connectivity index (χ0) is 20.3. The van der Waals surface area contributed by atoms with Crippen molar-refractivity contribution >= 4 is 45.7 Å². The van der Waals surface area contributed by atoms with Crippen molar-refractivity contribution in [2.24, 2.45) is 0 Å². The summed E-state index contributed by atoms with van der Waals surface area (Å²) in [6.45, 7) is 3.66. The Bertz CT molecular complexity index is 1030. The predicted octanol–water partition coefficient (Wildman–Crippen LogP) is 3.83. The van der Waals surface area contributed by atoms with Crippen LogP contribution in [0.15, 0.2) is 35.4 Å². The molecule has 0 unspecified atom stereocenters. The quantitative estimate of drug-likeness (QED) is 0.359. The molecular formula is C20H21N3O3S2. The van der Waals surface area contributed by atoms with E-state index in [-0.39, 0.29) is 23.4 Å². The van der Waals surface area contributed by atoms with Gasteiger partial charge in [-0.3, -0.25) is 9.59 Å². The molecule has 0 saturated heterocycles. The molecule has 0 radical (unpaired) electrons. The zero-order valence-corrected chi connectivity index (χ0v) is 17.7. The molecule has 0 bridgehead atoms. The number of methoxy groups -OCH3 is 1. The fraction of sp³-hybridized carbons (Fsp3) is 0.300. The Labute approximate surface area is 171 Å². The number of amides is 1. The van der Waals surface area contributed by atoms with Crippen LogP contribution in [0.2, 0.25) is 0 Å². The number of hydrogen-bond acceptors (Lipinski definition) is 7. The Kier molecular flexibility index (Phi) is 6.31. The van der Waals surface area contributed by atoms with E-state index >= 15 is 0 Å².